The molecule has 0 heteroatoms. The second kappa shape index (κ2) is 15.8. The van der Waals surface area contributed by atoms with Gasteiger partial charge in [-0.25, -0.2) is 0 Å². The molecule has 0 heterocycles. The van der Waals surface area contributed by atoms with Crippen LogP contribution >= 0.6 is 0 Å². The number of rotatable bonds is 9. The predicted molar refractivity (Wildman–Crippen MR) is 260 cm³/mol. The van der Waals surface area contributed by atoms with E-state index in [1.54, 1.807) is 0 Å². The van der Waals surface area contributed by atoms with E-state index in [9.17, 15) is 0 Å². The van der Waals surface area contributed by atoms with Gasteiger partial charge in [-0.1, -0.05) is 237 Å². The first kappa shape index (κ1) is 37.5. The van der Waals surface area contributed by atoms with Gasteiger partial charge in [0.05, 0.1) is 5.41 Å². The first-order valence-electron chi connectivity index (χ1n) is 21.8. The standard InChI is InChI=1S/C62H46/c1-43-35-36-49(60(56-32-17-23-46-21-11-13-29-53(46)56)47-39-37-45(38-40-47)44-19-5-2-6-20-44)42-58(43)54-30-14-12-22-48(54)41-50-24-18-33-57-55-31-15-16-34-59(55)62(61(50)57,51-25-7-3-8-26-51)52-27-9-4-10-28-52/h2-40,42,60H,41H2,1H3. The molecule has 0 amide bonds. The van der Waals surface area contributed by atoms with E-state index in [1.165, 1.54) is 99.8 Å². The van der Waals surface area contributed by atoms with Crippen molar-refractivity contribution in [3.63, 3.8) is 0 Å². The van der Waals surface area contributed by atoms with E-state index >= 15 is 0 Å². The highest BCUT2D eigenvalue weighted by Crippen LogP contribution is 2.57. The summed E-state index contributed by atoms with van der Waals surface area (Å²) in [7, 11) is 0. The van der Waals surface area contributed by atoms with Gasteiger partial charge in [-0.3, -0.25) is 0 Å². The molecular weight excluding hydrogens is 745 g/mol. The molecule has 1 unspecified atom stereocenters. The largest absolute Gasteiger partial charge is 0.0716 e. The molecule has 1 aliphatic rings. The second-order valence-corrected chi connectivity index (χ2v) is 16.8. The molecule has 1 aliphatic carbocycles. The lowest BCUT2D eigenvalue weighted by Crippen LogP contribution is -2.29. The molecule has 0 N–H and O–H groups in total. The Hall–Kier alpha value is -7.54. The van der Waals surface area contributed by atoms with Crippen molar-refractivity contribution < 1.29 is 0 Å². The van der Waals surface area contributed by atoms with Gasteiger partial charge < -0.3 is 0 Å². The Kier molecular flexibility index (Phi) is 9.55. The van der Waals surface area contributed by atoms with Crippen LogP contribution in [0, 0.1) is 6.92 Å². The highest BCUT2D eigenvalue weighted by atomic mass is 14.5. The summed E-state index contributed by atoms with van der Waals surface area (Å²) in [5.41, 5.74) is 20.3. The minimum atomic E-state index is -0.461. The summed E-state index contributed by atoms with van der Waals surface area (Å²) in [6, 6.07) is 90.1. The zero-order valence-corrected chi connectivity index (χ0v) is 34.9. The third kappa shape index (κ3) is 6.30. The van der Waals surface area contributed by atoms with Gasteiger partial charge in [0.1, 0.15) is 0 Å². The molecule has 10 aromatic rings. The van der Waals surface area contributed by atoms with Crippen molar-refractivity contribution in [1.29, 1.82) is 0 Å². The average Bonchev–Trinajstić information content (AvgIpc) is 3.65. The Balaban J connectivity index is 1.07. The van der Waals surface area contributed by atoms with E-state index in [2.05, 4.69) is 250 Å². The number of aryl methyl sites for hydroxylation is 1. The molecule has 62 heavy (non-hydrogen) atoms. The van der Waals surface area contributed by atoms with Crippen LogP contribution in [0.1, 0.15) is 61.6 Å². The summed E-state index contributed by atoms with van der Waals surface area (Å²) in [4.78, 5) is 0. The summed E-state index contributed by atoms with van der Waals surface area (Å²) in [5.74, 6) is 0.0330. The lowest BCUT2D eigenvalue weighted by molar-refractivity contribution is 0.757. The zero-order chi connectivity index (χ0) is 41.5. The fourth-order valence-electron chi connectivity index (χ4n) is 10.5. The molecule has 0 aliphatic heterocycles. The number of hydrogen-bond donors (Lipinski definition) is 0. The van der Waals surface area contributed by atoms with E-state index in [-0.39, 0.29) is 5.92 Å². The topological polar surface area (TPSA) is 0 Å². The normalized spacial score (nSPS) is 13.0. The number of fused-ring (bicyclic) bond motifs is 4. The monoisotopic (exact) mass is 790 g/mol. The Labute approximate surface area is 365 Å². The molecule has 294 valence electrons. The van der Waals surface area contributed by atoms with Gasteiger partial charge in [0, 0.05) is 5.92 Å². The molecule has 0 fully saturated rings. The first-order chi connectivity index (χ1) is 30.7. The summed E-state index contributed by atoms with van der Waals surface area (Å²) < 4.78 is 0. The van der Waals surface area contributed by atoms with Crippen molar-refractivity contribution in [3.05, 3.63) is 298 Å². The molecule has 0 aromatic heterocycles. The molecule has 0 bridgehead atoms. The third-order valence-electron chi connectivity index (χ3n) is 13.3. The third-order valence-corrected chi connectivity index (χ3v) is 13.3. The van der Waals surface area contributed by atoms with E-state index in [0.717, 1.165) is 6.42 Å². The maximum absolute atomic E-state index is 2.48. The number of benzene rings is 10. The van der Waals surface area contributed by atoms with Gasteiger partial charge in [-0.2, -0.15) is 0 Å². The number of hydrogen-bond acceptors (Lipinski definition) is 0. The highest BCUT2D eigenvalue weighted by Gasteiger charge is 2.47. The van der Waals surface area contributed by atoms with Crippen molar-refractivity contribution >= 4 is 10.8 Å². The van der Waals surface area contributed by atoms with Crippen LogP contribution in [-0.4, -0.2) is 0 Å². The molecular formula is C62H46. The lowest BCUT2D eigenvalue weighted by atomic mass is 9.66. The van der Waals surface area contributed by atoms with Crippen molar-refractivity contribution in [2.45, 2.75) is 24.7 Å². The van der Waals surface area contributed by atoms with Crippen LogP contribution in [0.3, 0.4) is 0 Å². The Morgan fingerprint density at radius 3 is 1.69 bits per heavy atom. The quantitative estimate of drug-likeness (QED) is 0.128. The molecule has 1 atom stereocenters. The van der Waals surface area contributed by atoms with Gasteiger partial charge in [0.15, 0.2) is 0 Å². The minimum absolute atomic E-state index is 0.0330. The summed E-state index contributed by atoms with van der Waals surface area (Å²) in [5, 5.41) is 2.54. The lowest BCUT2D eigenvalue weighted by Gasteiger charge is -2.35. The van der Waals surface area contributed by atoms with E-state index in [0.29, 0.717) is 0 Å². The molecule has 0 radical (unpaired) electrons. The van der Waals surface area contributed by atoms with Crippen molar-refractivity contribution in [2.24, 2.45) is 0 Å². The fourth-order valence-corrected chi connectivity index (χ4v) is 10.5. The zero-order valence-electron chi connectivity index (χ0n) is 34.9. The summed E-state index contributed by atoms with van der Waals surface area (Å²) >= 11 is 0. The Bertz CT molecular complexity index is 3150. The van der Waals surface area contributed by atoms with Crippen LogP contribution in [0.5, 0.6) is 0 Å². The van der Waals surface area contributed by atoms with Gasteiger partial charge in [0.2, 0.25) is 0 Å². The smallest absolute Gasteiger partial charge is 0.0622 e. The van der Waals surface area contributed by atoms with E-state index in [1.807, 2.05) is 0 Å². The van der Waals surface area contributed by atoms with Gasteiger partial charge in [-0.15, -0.1) is 0 Å². The van der Waals surface area contributed by atoms with Crippen LogP contribution in [-0.2, 0) is 11.8 Å². The van der Waals surface area contributed by atoms with Gasteiger partial charge in [-0.05, 0) is 119 Å². The van der Waals surface area contributed by atoms with Crippen LogP contribution in [0.15, 0.2) is 243 Å². The Morgan fingerprint density at radius 2 is 0.935 bits per heavy atom. The molecule has 10 aromatic carbocycles. The van der Waals surface area contributed by atoms with Crippen LogP contribution in [0.4, 0.5) is 0 Å². The second-order valence-electron chi connectivity index (χ2n) is 16.8. The van der Waals surface area contributed by atoms with Crippen LogP contribution < -0.4 is 0 Å². The highest BCUT2D eigenvalue weighted by molar-refractivity contribution is 5.89. The van der Waals surface area contributed by atoms with Crippen LogP contribution in [0.2, 0.25) is 0 Å². The van der Waals surface area contributed by atoms with E-state index < -0.39 is 5.41 Å². The average molecular weight is 791 g/mol. The molecule has 0 saturated heterocycles. The minimum Gasteiger partial charge on any atom is -0.0622 e. The molecule has 0 saturated carbocycles. The van der Waals surface area contributed by atoms with Crippen molar-refractivity contribution in [2.75, 3.05) is 0 Å². The summed E-state index contributed by atoms with van der Waals surface area (Å²) in [6.07, 6.45) is 0.798. The summed E-state index contributed by atoms with van der Waals surface area (Å²) in [6.45, 7) is 2.27. The molecule has 0 spiro atoms. The predicted octanol–water partition coefficient (Wildman–Crippen LogP) is 15.6. The fraction of sp³-hybridized carbons (Fsp3) is 0.0645. The molecule has 11 rings (SSSR count). The van der Waals surface area contributed by atoms with Crippen molar-refractivity contribution in [3.8, 4) is 33.4 Å². The van der Waals surface area contributed by atoms with Gasteiger partial charge in [0.25, 0.3) is 0 Å². The van der Waals surface area contributed by atoms with Crippen LogP contribution in [0.25, 0.3) is 44.2 Å². The Morgan fingerprint density at radius 1 is 0.387 bits per heavy atom. The maximum Gasteiger partial charge on any atom is 0.0716 e. The van der Waals surface area contributed by atoms with Gasteiger partial charge >= 0.3 is 0 Å². The SMILES string of the molecule is Cc1ccc(C(c2ccc(-c3ccccc3)cc2)c2cccc3ccccc23)cc1-c1ccccc1Cc1cccc2c1C(c1ccccc1)(c1ccccc1)c1ccccc1-2. The van der Waals surface area contributed by atoms with Crippen molar-refractivity contribution in [1.82, 2.24) is 0 Å². The first-order valence-corrected chi connectivity index (χ1v) is 21.8. The maximum atomic E-state index is 2.48. The molecule has 0 nitrogen and oxygen atoms in total. The van der Waals surface area contributed by atoms with E-state index in [4.69, 9.17) is 0 Å².